The first kappa shape index (κ1) is 79.6. The number of nitrogens with one attached hydrogen (secondary N) is 2. The van der Waals surface area contributed by atoms with Gasteiger partial charge >= 0.3 is 0 Å². The van der Waals surface area contributed by atoms with Crippen LogP contribution < -0.4 is 35.6 Å². The van der Waals surface area contributed by atoms with Gasteiger partial charge in [0.1, 0.15) is 43.3 Å². The van der Waals surface area contributed by atoms with Gasteiger partial charge in [-0.2, -0.15) is 0 Å². The Balaban J connectivity index is 0.000000136. The summed E-state index contributed by atoms with van der Waals surface area (Å²) in [6.07, 6.45) is 22.4. The van der Waals surface area contributed by atoms with Crippen LogP contribution in [0.4, 0.5) is 27.0 Å². The first-order chi connectivity index (χ1) is 55.0. The molecule has 0 atom stereocenters. The lowest BCUT2D eigenvalue weighted by molar-refractivity contribution is -0.132. The zero-order valence-corrected chi connectivity index (χ0v) is 67.7. The van der Waals surface area contributed by atoms with E-state index in [-0.39, 0.29) is 11.8 Å². The third-order valence-corrected chi connectivity index (χ3v) is 23.0. The molecule has 6 aliphatic rings. The summed E-state index contributed by atoms with van der Waals surface area (Å²) in [7, 11) is 8.84. The molecule has 0 bridgehead atoms. The number of aromatic nitrogens is 12. The number of methoxy groups -OCH3 is 2. The van der Waals surface area contributed by atoms with Gasteiger partial charge in [-0.05, 0) is 139 Å². The second-order valence-electron chi connectivity index (χ2n) is 27.4. The van der Waals surface area contributed by atoms with Gasteiger partial charge in [-0.3, -0.25) is 29.3 Å². The monoisotopic (exact) mass is 1590 g/mol. The Morgan fingerprint density at radius 3 is 1.24 bits per heavy atom. The number of piperidine rings is 1. The fourth-order valence-corrected chi connectivity index (χ4v) is 15.6. The maximum Gasteiger partial charge on any atom is 0.241 e. The average Bonchev–Trinajstić information content (AvgIpc) is 1.67. The minimum atomic E-state index is 0.0911. The maximum absolute atomic E-state index is 12.2. The Bertz CT molecular complexity index is 5260. The number of fused-ring (bicyclic) bond motifs is 3. The molecule has 0 radical (unpaired) electrons. The summed E-state index contributed by atoms with van der Waals surface area (Å²) in [5, 5.41) is 37.1. The highest BCUT2D eigenvalue weighted by molar-refractivity contribution is 7.19. The Kier molecular flexibility index (Phi) is 26.5. The van der Waals surface area contributed by atoms with E-state index in [1.165, 1.54) is 76.8 Å². The lowest BCUT2D eigenvalue weighted by Gasteiger charge is -2.32. The van der Waals surface area contributed by atoms with Gasteiger partial charge in [0, 0.05) is 107 Å². The molecule has 3 aliphatic carbocycles. The number of ether oxygens (including phenoxy) is 2. The van der Waals surface area contributed by atoms with Crippen LogP contribution in [0.3, 0.4) is 0 Å². The molecular formula is C83H90ClN21O5S3. The van der Waals surface area contributed by atoms with Crippen molar-refractivity contribution in [2.45, 2.75) is 72.4 Å². The topological polar surface area (TPSA) is 294 Å². The van der Waals surface area contributed by atoms with Crippen molar-refractivity contribution in [3.8, 4) is 43.2 Å². The number of carbonyl (C=O) groups excluding carboxylic acids is 3. The number of nitrogens with two attached hydrogens (primary N) is 1. The number of nitrogen functional groups attached to an aromatic ring is 1. The molecule has 26 nitrogen and oxygen atoms in total. The number of piperazine rings is 2. The summed E-state index contributed by atoms with van der Waals surface area (Å²) in [4.78, 5) is 73.8. The molecule has 5 aromatic carbocycles. The number of nitrogens with zero attached hydrogens (tertiary/aromatic N) is 18. The molecule has 11 aromatic rings. The number of hydrogen-bond acceptors (Lipinski definition) is 26. The molecule has 0 unspecified atom stereocenters. The minimum absolute atomic E-state index is 0.0911. The normalized spacial score (nSPS) is 14.7. The van der Waals surface area contributed by atoms with E-state index in [1.54, 1.807) is 66.1 Å². The highest BCUT2D eigenvalue weighted by Crippen LogP contribution is 2.40. The lowest BCUT2D eigenvalue weighted by Crippen LogP contribution is -2.48. The lowest BCUT2D eigenvalue weighted by atomic mass is 10.0. The molecule has 4 N–H and O–H groups in total. The second kappa shape index (κ2) is 37.7. The van der Waals surface area contributed by atoms with Crippen molar-refractivity contribution in [1.82, 2.24) is 80.1 Å². The van der Waals surface area contributed by atoms with Gasteiger partial charge in [-0.1, -0.05) is 145 Å². The largest absolute Gasteiger partial charge is 0.497 e. The third kappa shape index (κ3) is 20.1. The molecule has 3 amide bonds. The molecule has 3 saturated heterocycles. The van der Waals surface area contributed by atoms with Crippen LogP contribution in [0.2, 0.25) is 5.15 Å². The first-order valence-electron chi connectivity index (χ1n) is 37.6. The number of hydrogen-bond donors (Lipinski definition) is 3. The molecule has 6 aromatic heterocycles. The molecule has 3 aliphatic heterocycles. The number of rotatable bonds is 19. The van der Waals surface area contributed by atoms with Crippen LogP contribution in [0.25, 0.3) is 48.4 Å². The van der Waals surface area contributed by atoms with Crippen LogP contribution >= 0.6 is 45.6 Å². The van der Waals surface area contributed by atoms with E-state index in [4.69, 9.17) is 36.8 Å². The first-order valence-corrected chi connectivity index (χ1v) is 40.4. The fourth-order valence-electron chi connectivity index (χ4n) is 13.4. The predicted molar refractivity (Wildman–Crippen MR) is 449 cm³/mol. The molecule has 30 heteroatoms. The smallest absolute Gasteiger partial charge is 0.241 e. The van der Waals surface area contributed by atoms with Crippen LogP contribution in [0.15, 0.2) is 159 Å². The number of allylic oxidation sites excluding steroid dienone is 3. The van der Waals surface area contributed by atoms with E-state index in [2.05, 4.69) is 154 Å². The number of carbonyl (C=O) groups is 3. The summed E-state index contributed by atoms with van der Waals surface area (Å²) in [6, 6.07) is 35.0. The van der Waals surface area contributed by atoms with Crippen LogP contribution in [0, 0.1) is 0 Å². The van der Waals surface area contributed by atoms with Gasteiger partial charge in [0.05, 0.1) is 81.6 Å². The standard InChI is InChI=1S/C28H27N7O2S.C23H18ClN5OS.C20H19N7OS.C6H11NO.C6H15N/c1-34-11-12-35(17-26(34)36)25-16-29-15-24(31-25)22-10-7-19-5-6-20(13-23(19)22)27-32-33-28(38-27)30-14-18-3-8-21(37-2)9-4-18;1-30-17-7-2-14(3-8-17)11-26-23-29-28-22(31-23)16-5-4-15-6-9-18(19(15)10-16)20-12-25-13-21(24)27-20;1-26-6-7-27(11-18(26)28)17-10-22-9-16(23-17)14-5-4-12-2-3-13(8-15(12)14)19-24-25-20(21)29-19;1-7-5-3-2-4-6(7)8;1-4-7(5-2)6-3/h3-6,8-10,13,15-16H,7,11-12,14,17H2,1-2H3,(H,30,33);2-5,7-10,12-13H,6,11H2,1H3,(H,26,29);2-3,5,8-10H,4,6-7,11H2,1H3,(H2,21,25);2-5H2,1H3;4-6H2,1-3H3. The molecular weight excluding hydrogens is 1500 g/mol. The zero-order valence-electron chi connectivity index (χ0n) is 64.5. The minimum Gasteiger partial charge on any atom is -0.497 e. The van der Waals surface area contributed by atoms with E-state index in [1.807, 2.05) is 85.5 Å². The molecule has 582 valence electrons. The van der Waals surface area contributed by atoms with E-state index >= 15 is 0 Å². The number of likely N-dealkylation sites (tertiary alicyclic amines) is 1. The van der Waals surface area contributed by atoms with E-state index in [0.717, 1.165) is 178 Å². The molecule has 113 heavy (non-hydrogen) atoms. The Hall–Kier alpha value is -11.5. The number of benzene rings is 5. The number of likely N-dealkylation sites (N-methyl/N-ethyl adjacent to an activating group) is 2. The summed E-state index contributed by atoms with van der Waals surface area (Å²) >= 11 is 10.5. The highest BCUT2D eigenvalue weighted by Gasteiger charge is 2.28. The maximum atomic E-state index is 12.2. The molecule has 9 heterocycles. The molecule has 17 rings (SSSR count). The van der Waals surface area contributed by atoms with E-state index in [0.29, 0.717) is 55.5 Å². The third-order valence-electron chi connectivity index (χ3n) is 20.2. The van der Waals surface area contributed by atoms with Crippen molar-refractivity contribution >= 4 is 107 Å². The summed E-state index contributed by atoms with van der Waals surface area (Å²) in [6.45, 7) is 15.9. The Morgan fingerprint density at radius 1 is 0.469 bits per heavy atom. The number of amides is 3. The SMILES string of the molecule is CCN(CC)CC.CN1CCCCC1=O.CN1CCN(c2cncc(C3=CCc4ccc(-c5nnc(N)s5)cc43)n2)CC1=O.COc1ccc(CNc2nnc(-c3ccc4c(c3)C(c3cncc(Cl)n3)=CC4)s2)cc1.COc1ccc(CNc2nnc(-c3ccc4c(c3)C(c3cncc(N5CCN(C)C(=O)C5)n3)=CC4)s2)cc1. The average molecular weight is 1590 g/mol. The van der Waals surface area contributed by atoms with Gasteiger partial charge in [-0.15, -0.1) is 30.6 Å². The van der Waals surface area contributed by atoms with Crippen LogP contribution in [0.1, 0.15) is 102 Å². The Morgan fingerprint density at radius 2 is 0.876 bits per heavy atom. The highest BCUT2D eigenvalue weighted by atomic mass is 35.5. The number of halogens is 1. The van der Waals surface area contributed by atoms with Crippen molar-refractivity contribution in [1.29, 1.82) is 0 Å². The molecule has 0 spiro atoms. The van der Waals surface area contributed by atoms with Crippen molar-refractivity contribution < 1.29 is 23.9 Å². The second-order valence-corrected chi connectivity index (χ2v) is 30.7. The van der Waals surface area contributed by atoms with E-state index in [9.17, 15) is 14.4 Å². The quantitative estimate of drug-likeness (QED) is 0.0677. The summed E-state index contributed by atoms with van der Waals surface area (Å²) in [5.74, 6) is 3.62. The zero-order chi connectivity index (χ0) is 78.9. The van der Waals surface area contributed by atoms with Crippen LogP contribution in [-0.2, 0) is 46.7 Å². The van der Waals surface area contributed by atoms with Crippen molar-refractivity contribution in [2.75, 3.05) is 127 Å². The van der Waals surface area contributed by atoms with Crippen LogP contribution in [-0.4, -0.2) is 199 Å². The summed E-state index contributed by atoms with van der Waals surface area (Å²) in [5.41, 5.74) is 23.7. The predicted octanol–water partition coefficient (Wildman–Crippen LogP) is 13.0. The van der Waals surface area contributed by atoms with Gasteiger partial charge in [0.15, 0.2) is 0 Å². The Labute approximate surface area is 674 Å². The van der Waals surface area contributed by atoms with Gasteiger partial charge in [0.2, 0.25) is 33.1 Å². The van der Waals surface area contributed by atoms with Gasteiger partial charge in [-0.25, -0.2) is 15.0 Å². The van der Waals surface area contributed by atoms with Crippen molar-refractivity contribution in [3.63, 3.8) is 0 Å². The van der Waals surface area contributed by atoms with E-state index < -0.39 is 0 Å². The number of anilines is 5. The van der Waals surface area contributed by atoms with Crippen molar-refractivity contribution in [3.05, 3.63) is 225 Å². The molecule has 0 saturated carbocycles. The van der Waals surface area contributed by atoms with Gasteiger partial charge < -0.3 is 55.2 Å². The fraction of sp³-hybridized carbons (Fsp3) is 0.313. The van der Waals surface area contributed by atoms with Gasteiger partial charge in [0.25, 0.3) is 0 Å². The molecule has 3 fully saturated rings. The summed E-state index contributed by atoms with van der Waals surface area (Å²) < 4.78 is 10.4. The van der Waals surface area contributed by atoms with Crippen LogP contribution in [0.5, 0.6) is 11.5 Å². The van der Waals surface area contributed by atoms with Crippen molar-refractivity contribution in [2.24, 2.45) is 0 Å².